The minimum Gasteiger partial charge on any atom is -0.469 e. The van der Waals surface area contributed by atoms with Gasteiger partial charge in [-0.2, -0.15) is 0 Å². The lowest BCUT2D eigenvalue weighted by Crippen LogP contribution is -2.35. The fraction of sp³-hybridized carbons (Fsp3) is 0.238. The molecule has 1 amide bonds. The molecule has 152 valence electrons. The summed E-state index contributed by atoms with van der Waals surface area (Å²) in [6.07, 6.45) is 3.36. The average molecular weight is 407 g/mol. The number of allylic oxidation sites excluding steroid dienone is 1. The lowest BCUT2D eigenvalue weighted by Gasteiger charge is -2.22. The largest absolute Gasteiger partial charge is 0.469 e. The number of carbonyl (C=O) groups excluding carboxylic acids is 2. The summed E-state index contributed by atoms with van der Waals surface area (Å²) >= 11 is 0. The second kappa shape index (κ2) is 8.46. The molecule has 1 aliphatic rings. The van der Waals surface area contributed by atoms with Crippen LogP contribution in [0, 0.1) is 29.2 Å². The summed E-state index contributed by atoms with van der Waals surface area (Å²) in [5.41, 5.74) is -0.751. The molecule has 29 heavy (non-hydrogen) atoms. The molecule has 4 nitrogen and oxygen atoms in total. The Morgan fingerprint density at radius 2 is 1.69 bits per heavy atom. The molecule has 1 aliphatic carbocycles. The summed E-state index contributed by atoms with van der Waals surface area (Å²) in [6, 6.07) is 5.95. The first-order valence-electron chi connectivity index (χ1n) is 8.77. The van der Waals surface area contributed by atoms with Gasteiger partial charge in [0.25, 0.3) is 5.91 Å². The van der Waals surface area contributed by atoms with E-state index in [9.17, 15) is 27.2 Å². The van der Waals surface area contributed by atoms with E-state index in [2.05, 4.69) is 5.32 Å². The Hall–Kier alpha value is -3.16. The van der Waals surface area contributed by atoms with Gasteiger partial charge in [0.1, 0.15) is 28.8 Å². The number of carbonyl (C=O) groups is 2. The van der Waals surface area contributed by atoms with Crippen molar-refractivity contribution in [3.63, 3.8) is 0 Å². The van der Waals surface area contributed by atoms with Gasteiger partial charge in [-0.1, -0.05) is 30.4 Å². The van der Waals surface area contributed by atoms with Crippen LogP contribution in [0.2, 0.25) is 0 Å². The maximum atomic E-state index is 14.2. The average Bonchev–Trinajstić information content (AvgIpc) is 3.10. The number of halogens is 4. The molecule has 0 fully saturated rings. The number of amides is 1. The maximum absolute atomic E-state index is 14.2. The zero-order valence-corrected chi connectivity index (χ0v) is 15.3. The Bertz CT molecular complexity index is 953. The van der Waals surface area contributed by atoms with Crippen LogP contribution in [-0.2, 0) is 9.53 Å². The van der Waals surface area contributed by atoms with E-state index in [0.29, 0.717) is 12.1 Å². The topological polar surface area (TPSA) is 55.4 Å². The van der Waals surface area contributed by atoms with Crippen LogP contribution in [0.3, 0.4) is 0 Å². The van der Waals surface area contributed by atoms with Crippen molar-refractivity contribution in [3.05, 3.63) is 82.9 Å². The first-order chi connectivity index (χ1) is 13.8. The molecule has 0 saturated carbocycles. The van der Waals surface area contributed by atoms with E-state index >= 15 is 0 Å². The molecule has 8 heteroatoms. The third kappa shape index (κ3) is 4.31. The van der Waals surface area contributed by atoms with Gasteiger partial charge in [0.2, 0.25) is 0 Å². The minimum absolute atomic E-state index is 0.150. The third-order valence-electron chi connectivity index (χ3n) is 4.79. The predicted molar refractivity (Wildman–Crippen MR) is 96.0 cm³/mol. The first kappa shape index (κ1) is 20.6. The summed E-state index contributed by atoms with van der Waals surface area (Å²) in [5, 5.41) is 2.43. The zero-order valence-electron chi connectivity index (χ0n) is 15.3. The van der Waals surface area contributed by atoms with E-state index in [1.165, 1.54) is 25.3 Å². The number of esters is 1. The Morgan fingerprint density at radius 1 is 1.03 bits per heavy atom. The highest BCUT2D eigenvalue weighted by Gasteiger charge is 2.36. The molecule has 0 aliphatic heterocycles. The Balaban J connectivity index is 1.77. The number of benzene rings is 2. The molecule has 3 rings (SSSR count). The van der Waals surface area contributed by atoms with Gasteiger partial charge in [-0.05, 0) is 18.4 Å². The quantitative estimate of drug-likeness (QED) is 0.465. The molecule has 0 aromatic heterocycles. The van der Waals surface area contributed by atoms with E-state index in [-0.39, 0.29) is 12.0 Å². The third-order valence-corrected chi connectivity index (χ3v) is 4.79. The molecule has 0 unspecified atom stereocenters. The van der Waals surface area contributed by atoms with E-state index < -0.39 is 58.6 Å². The normalized spacial score (nSPS) is 19.1. The number of methoxy groups -OCH3 is 1. The fourth-order valence-electron chi connectivity index (χ4n) is 3.47. The van der Waals surface area contributed by atoms with Gasteiger partial charge in [0.15, 0.2) is 0 Å². The molecule has 0 radical (unpaired) electrons. The van der Waals surface area contributed by atoms with Crippen molar-refractivity contribution in [2.75, 3.05) is 7.11 Å². The lowest BCUT2D eigenvalue weighted by molar-refractivity contribution is -0.143. The second-order valence-corrected chi connectivity index (χ2v) is 6.63. The maximum Gasteiger partial charge on any atom is 0.313 e. The van der Waals surface area contributed by atoms with Gasteiger partial charge in [-0.15, -0.1) is 0 Å². The van der Waals surface area contributed by atoms with E-state index in [1.807, 2.05) is 0 Å². The summed E-state index contributed by atoms with van der Waals surface area (Å²) in [5.74, 6) is -7.51. The van der Waals surface area contributed by atoms with Gasteiger partial charge in [-0.3, -0.25) is 9.59 Å². The Labute approximate surface area is 164 Å². The van der Waals surface area contributed by atoms with Crippen molar-refractivity contribution in [2.45, 2.75) is 18.4 Å². The highest BCUT2D eigenvalue weighted by Crippen LogP contribution is 2.35. The van der Waals surface area contributed by atoms with Gasteiger partial charge in [-0.25, -0.2) is 17.6 Å². The van der Waals surface area contributed by atoms with Gasteiger partial charge in [0.05, 0.1) is 13.0 Å². The van der Waals surface area contributed by atoms with Crippen molar-refractivity contribution in [2.24, 2.45) is 5.92 Å². The number of ether oxygens (including phenoxy) is 1. The van der Waals surface area contributed by atoms with Crippen LogP contribution in [0.15, 0.2) is 48.6 Å². The number of rotatable bonds is 5. The molecule has 0 spiro atoms. The standard InChI is InChI=1S/C21H17F4NO3/c1-29-21(28)18(14-4-2-3-5-15(14)23)11-6-7-13(8-11)26-20(27)19-16(24)9-12(22)10-17(19)25/h2-7,9-11,13,18H,8H2,1H3,(H,26,27)/t11-,13+,18+/m1/s1. The zero-order chi connectivity index (χ0) is 21.1. The Morgan fingerprint density at radius 3 is 2.31 bits per heavy atom. The summed E-state index contributed by atoms with van der Waals surface area (Å²) in [4.78, 5) is 24.5. The van der Waals surface area contributed by atoms with Crippen molar-refractivity contribution in [1.29, 1.82) is 0 Å². The second-order valence-electron chi connectivity index (χ2n) is 6.63. The lowest BCUT2D eigenvalue weighted by atomic mass is 9.85. The molecule has 0 heterocycles. The van der Waals surface area contributed by atoms with Gasteiger partial charge < -0.3 is 10.1 Å². The predicted octanol–water partition coefficient (Wildman–Crippen LogP) is 3.87. The van der Waals surface area contributed by atoms with Gasteiger partial charge in [0, 0.05) is 23.7 Å². The molecule has 2 aromatic rings. The van der Waals surface area contributed by atoms with Gasteiger partial charge >= 0.3 is 5.97 Å². The van der Waals surface area contributed by atoms with E-state index in [0.717, 1.165) is 0 Å². The molecular formula is C21H17F4NO3. The number of hydrogen-bond donors (Lipinski definition) is 1. The smallest absolute Gasteiger partial charge is 0.313 e. The van der Waals surface area contributed by atoms with Crippen LogP contribution in [0.1, 0.15) is 28.3 Å². The monoisotopic (exact) mass is 407 g/mol. The van der Waals surface area contributed by atoms with E-state index in [4.69, 9.17) is 4.74 Å². The van der Waals surface area contributed by atoms with Crippen molar-refractivity contribution < 1.29 is 31.9 Å². The van der Waals surface area contributed by atoms with Crippen LogP contribution in [0.4, 0.5) is 17.6 Å². The van der Waals surface area contributed by atoms with Crippen LogP contribution in [0.5, 0.6) is 0 Å². The van der Waals surface area contributed by atoms with Crippen molar-refractivity contribution >= 4 is 11.9 Å². The van der Waals surface area contributed by atoms with Crippen molar-refractivity contribution in [3.8, 4) is 0 Å². The fourth-order valence-corrected chi connectivity index (χ4v) is 3.47. The molecule has 0 saturated heterocycles. The highest BCUT2D eigenvalue weighted by atomic mass is 19.1. The first-order valence-corrected chi connectivity index (χ1v) is 8.77. The highest BCUT2D eigenvalue weighted by molar-refractivity contribution is 5.95. The molecule has 3 atom stereocenters. The summed E-state index contributed by atoms with van der Waals surface area (Å²) < 4.78 is 59.6. The van der Waals surface area contributed by atoms with Crippen molar-refractivity contribution in [1.82, 2.24) is 5.32 Å². The molecule has 0 bridgehead atoms. The SMILES string of the molecule is COC(=O)[C@H](c1ccccc1F)[C@@H]1C=C[C@H](NC(=O)c2c(F)cc(F)cc2F)C1. The number of nitrogens with one attached hydrogen (secondary N) is 1. The minimum atomic E-state index is -1.32. The van der Waals surface area contributed by atoms with E-state index in [1.54, 1.807) is 18.2 Å². The van der Waals surface area contributed by atoms with Crippen LogP contribution >= 0.6 is 0 Å². The summed E-state index contributed by atoms with van der Waals surface area (Å²) in [6.45, 7) is 0. The Kier molecular flexibility index (Phi) is 6.00. The molecule has 1 N–H and O–H groups in total. The van der Waals surface area contributed by atoms with Crippen LogP contribution in [0.25, 0.3) is 0 Å². The van der Waals surface area contributed by atoms with Crippen LogP contribution in [-0.4, -0.2) is 25.0 Å². The van der Waals surface area contributed by atoms with Crippen LogP contribution < -0.4 is 5.32 Å². The number of hydrogen-bond acceptors (Lipinski definition) is 3. The summed E-state index contributed by atoms with van der Waals surface area (Å²) in [7, 11) is 1.19. The molecule has 2 aromatic carbocycles. The molecular weight excluding hydrogens is 390 g/mol.